The second kappa shape index (κ2) is 9.86. The molecule has 0 radical (unpaired) electrons. The number of fused-ring (bicyclic) bond motifs is 1. The van der Waals surface area contributed by atoms with Crippen molar-refractivity contribution in [3.63, 3.8) is 0 Å². The third-order valence-electron chi connectivity index (χ3n) is 4.05. The van der Waals surface area contributed by atoms with Crippen molar-refractivity contribution in [2.45, 2.75) is 10.9 Å². The Morgan fingerprint density at radius 3 is 2.87 bits per heavy atom. The van der Waals surface area contributed by atoms with Crippen LogP contribution in [0, 0.1) is 0 Å². The molecule has 2 heterocycles. The smallest absolute Gasteiger partial charge is 0.259 e. The van der Waals surface area contributed by atoms with Crippen LogP contribution < -0.4 is 20.1 Å². The number of nitrogens with one attached hydrogen (secondary N) is 2. The van der Waals surface area contributed by atoms with Crippen LogP contribution in [-0.4, -0.2) is 34.6 Å². The third kappa shape index (κ3) is 5.67. The van der Waals surface area contributed by atoms with Crippen LogP contribution in [0.2, 0.25) is 5.02 Å². The van der Waals surface area contributed by atoms with Gasteiger partial charge in [0.15, 0.2) is 15.8 Å². The van der Waals surface area contributed by atoms with Crippen LogP contribution in [0.1, 0.15) is 15.9 Å². The maximum absolute atomic E-state index is 12.4. The average molecular weight is 542 g/mol. The molecule has 2 aromatic carbocycles. The van der Waals surface area contributed by atoms with E-state index in [2.05, 4.69) is 36.8 Å². The number of ether oxygens (including phenoxy) is 2. The fraction of sp³-hybridized carbons (Fsp3) is 0.158. The molecule has 2 amide bonds. The zero-order chi connectivity index (χ0) is 21.8. The lowest BCUT2D eigenvalue weighted by atomic mass is 10.2. The number of carbonyl (C=O) groups excluding carboxylic acids is 2. The quantitative estimate of drug-likeness (QED) is 0.339. The van der Waals surface area contributed by atoms with Crippen molar-refractivity contribution in [3.8, 4) is 11.5 Å². The number of benzene rings is 2. The molecule has 31 heavy (non-hydrogen) atoms. The highest BCUT2D eigenvalue weighted by atomic mass is 79.9. The second-order valence-electron chi connectivity index (χ2n) is 6.20. The van der Waals surface area contributed by atoms with Gasteiger partial charge in [-0.2, -0.15) is 0 Å². The maximum Gasteiger partial charge on any atom is 0.259 e. The number of amides is 2. The van der Waals surface area contributed by atoms with Crippen LogP contribution >= 0.6 is 50.6 Å². The van der Waals surface area contributed by atoms with Gasteiger partial charge in [-0.05, 0) is 35.9 Å². The summed E-state index contributed by atoms with van der Waals surface area (Å²) >= 11 is 11.8. The topological polar surface area (TPSA) is 102 Å². The molecule has 0 spiro atoms. The lowest BCUT2D eigenvalue weighted by molar-refractivity contribution is -0.118. The molecule has 0 saturated carbocycles. The average Bonchev–Trinajstić information content (AvgIpc) is 3.41. The number of nitrogens with zero attached hydrogens (tertiary/aromatic N) is 2. The Bertz CT molecular complexity index is 1140. The van der Waals surface area contributed by atoms with E-state index in [-0.39, 0.29) is 24.4 Å². The molecule has 0 unspecified atom stereocenters. The van der Waals surface area contributed by atoms with Crippen molar-refractivity contribution < 1.29 is 19.1 Å². The number of halogens is 2. The minimum Gasteiger partial charge on any atom is -0.454 e. The van der Waals surface area contributed by atoms with E-state index in [1.54, 1.807) is 18.2 Å². The molecule has 160 valence electrons. The van der Waals surface area contributed by atoms with E-state index in [4.69, 9.17) is 21.1 Å². The van der Waals surface area contributed by atoms with Crippen molar-refractivity contribution in [3.05, 3.63) is 57.0 Å². The Morgan fingerprint density at radius 1 is 1.16 bits per heavy atom. The molecule has 0 saturated heterocycles. The molecule has 1 aliphatic heterocycles. The van der Waals surface area contributed by atoms with E-state index >= 15 is 0 Å². The summed E-state index contributed by atoms with van der Waals surface area (Å²) in [6.07, 6.45) is 0. The van der Waals surface area contributed by atoms with Gasteiger partial charge in [-0.15, -0.1) is 10.2 Å². The Morgan fingerprint density at radius 2 is 2.00 bits per heavy atom. The summed E-state index contributed by atoms with van der Waals surface area (Å²) in [5, 5.41) is 14.1. The molecule has 0 aliphatic carbocycles. The number of hydrogen-bond acceptors (Lipinski definition) is 8. The van der Waals surface area contributed by atoms with Crippen molar-refractivity contribution >= 4 is 67.6 Å². The lowest BCUT2D eigenvalue weighted by Gasteiger charge is -2.05. The van der Waals surface area contributed by atoms with E-state index in [9.17, 15) is 9.59 Å². The van der Waals surface area contributed by atoms with Crippen LogP contribution in [0.25, 0.3) is 0 Å². The molecule has 12 heteroatoms. The molecule has 0 bridgehead atoms. The molecule has 0 atom stereocenters. The van der Waals surface area contributed by atoms with Gasteiger partial charge in [0.05, 0.1) is 16.3 Å². The number of thioether (sulfide) groups is 1. The first kappa shape index (κ1) is 21.9. The molecule has 3 aromatic rings. The Hall–Kier alpha value is -2.34. The molecular formula is C19H14BrClN4O4S2. The van der Waals surface area contributed by atoms with Crippen LogP contribution in [0.3, 0.4) is 0 Å². The van der Waals surface area contributed by atoms with Crippen molar-refractivity contribution in [2.24, 2.45) is 0 Å². The summed E-state index contributed by atoms with van der Waals surface area (Å²) in [6, 6.07) is 10.5. The van der Waals surface area contributed by atoms with Gasteiger partial charge in [0.1, 0.15) is 0 Å². The van der Waals surface area contributed by atoms with Gasteiger partial charge >= 0.3 is 0 Å². The van der Waals surface area contributed by atoms with Crippen molar-refractivity contribution in [1.29, 1.82) is 0 Å². The zero-order valence-corrected chi connectivity index (χ0v) is 19.7. The summed E-state index contributed by atoms with van der Waals surface area (Å²) in [4.78, 5) is 24.5. The van der Waals surface area contributed by atoms with E-state index < -0.39 is 0 Å². The van der Waals surface area contributed by atoms with Gasteiger partial charge in [0.25, 0.3) is 5.91 Å². The van der Waals surface area contributed by atoms with Crippen LogP contribution in [0.5, 0.6) is 11.5 Å². The van der Waals surface area contributed by atoms with E-state index in [0.717, 1.165) is 10.0 Å². The minimum atomic E-state index is -0.388. The number of hydrogen-bond donors (Lipinski definition) is 2. The summed E-state index contributed by atoms with van der Waals surface area (Å²) in [5.74, 6) is 1.01. The van der Waals surface area contributed by atoms with Gasteiger partial charge < -0.3 is 14.8 Å². The molecule has 1 aromatic heterocycles. The summed E-state index contributed by atoms with van der Waals surface area (Å²) < 4.78 is 11.9. The summed E-state index contributed by atoms with van der Waals surface area (Å²) in [7, 11) is 0. The van der Waals surface area contributed by atoms with Crippen molar-refractivity contribution in [1.82, 2.24) is 15.5 Å². The molecule has 0 fully saturated rings. The molecule has 1 aliphatic rings. The zero-order valence-electron chi connectivity index (χ0n) is 15.7. The standard InChI is InChI=1S/C19H14BrClN4O4S2/c20-11-2-3-13(21)12(6-11)17(27)23-18-24-25-19(31-18)30-8-16(26)22-7-10-1-4-14-15(5-10)29-9-28-14/h1-6H,7-9H2,(H,22,26)(H,23,24,27). The molecule has 8 nitrogen and oxygen atoms in total. The Kier molecular flexibility index (Phi) is 6.96. The van der Waals surface area contributed by atoms with E-state index in [0.29, 0.717) is 38.1 Å². The van der Waals surface area contributed by atoms with Gasteiger partial charge in [-0.25, -0.2) is 0 Å². The van der Waals surface area contributed by atoms with Crippen LogP contribution in [0.15, 0.2) is 45.2 Å². The number of rotatable bonds is 7. The number of aromatic nitrogens is 2. The maximum atomic E-state index is 12.4. The summed E-state index contributed by atoms with van der Waals surface area (Å²) in [6.45, 7) is 0.586. The normalized spacial score (nSPS) is 11.9. The second-order valence-corrected chi connectivity index (χ2v) is 9.73. The molecule has 4 rings (SSSR count). The number of anilines is 1. The Labute approximate surface area is 198 Å². The van der Waals surface area contributed by atoms with Crippen molar-refractivity contribution in [2.75, 3.05) is 17.9 Å². The SMILES string of the molecule is O=C(CSc1nnc(NC(=O)c2cc(Br)ccc2Cl)s1)NCc1ccc2c(c1)OCO2. The highest BCUT2D eigenvalue weighted by molar-refractivity contribution is 9.10. The first-order valence-electron chi connectivity index (χ1n) is 8.86. The van der Waals surface area contributed by atoms with Gasteiger partial charge in [0, 0.05) is 11.0 Å². The predicted octanol–water partition coefficient (Wildman–Crippen LogP) is 4.34. The van der Waals surface area contributed by atoms with E-state index in [1.807, 2.05) is 18.2 Å². The van der Waals surface area contributed by atoms with Crippen LogP contribution in [-0.2, 0) is 11.3 Å². The largest absolute Gasteiger partial charge is 0.454 e. The third-order valence-corrected chi connectivity index (χ3v) is 6.85. The van der Waals surface area contributed by atoms with Gasteiger partial charge in [0.2, 0.25) is 17.8 Å². The summed E-state index contributed by atoms with van der Waals surface area (Å²) in [5.41, 5.74) is 1.23. The molecule has 2 N–H and O–H groups in total. The highest BCUT2D eigenvalue weighted by Gasteiger charge is 2.16. The van der Waals surface area contributed by atoms with Gasteiger partial charge in [-0.1, -0.05) is 56.7 Å². The fourth-order valence-electron chi connectivity index (χ4n) is 2.58. The minimum absolute atomic E-state index is 0.149. The van der Waals surface area contributed by atoms with Crippen LogP contribution in [0.4, 0.5) is 5.13 Å². The first-order chi connectivity index (χ1) is 15.0. The fourth-order valence-corrected chi connectivity index (χ4v) is 4.73. The highest BCUT2D eigenvalue weighted by Crippen LogP contribution is 2.32. The van der Waals surface area contributed by atoms with E-state index in [1.165, 1.54) is 23.1 Å². The first-order valence-corrected chi connectivity index (χ1v) is 11.8. The Balaban J connectivity index is 1.25. The number of carbonyl (C=O) groups is 2. The monoisotopic (exact) mass is 540 g/mol. The lowest BCUT2D eigenvalue weighted by Crippen LogP contribution is -2.24. The molecular weight excluding hydrogens is 528 g/mol. The van der Waals surface area contributed by atoms with Gasteiger partial charge in [-0.3, -0.25) is 14.9 Å². The predicted molar refractivity (Wildman–Crippen MR) is 122 cm³/mol.